The Morgan fingerprint density at radius 1 is 1.32 bits per heavy atom. The predicted molar refractivity (Wildman–Crippen MR) is 74.9 cm³/mol. The Kier molecular flexibility index (Phi) is 4.84. The molecule has 1 fully saturated rings. The lowest BCUT2D eigenvalue weighted by Gasteiger charge is -2.20. The van der Waals surface area contributed by atoms with E-state index in [9.17, 15) is 8.42 Å². The minimum Gasteiger partial charge on any atom is -0.380 e. The van der Waals surface area contributed by atoms with E-state index in [4.69, 9.17) is 16.3 Å². The zero-order valence-corrected chi connectivity index (χ0v) is 12.5. The van der Waals surface area contributed by atoms with Gasteiger partial charge in [0.15, 0.2) is 0 Å². The number of hydrogen-bond acceptors (Lipinski definition) is 3. The summed E-state index contributed by atoms with van der Waals surface area (Å²) in [5, 5.41) is 0. The van der Waals surface area contributed by atoms with E-state index in [2.05, 4.69) is 0 Å². The van der Waals surface area contributed by atoms with Crippen molar-refractivity contribution in [2.45, 2.75) is 24.1 Å². The van der Waals surface area contributed by atoms with Gasteiger partial charge in [0.05, 0.1) is 11.5 Å². The molecule has 0 aromatic heterocycles. The number of alkyl halides is 1. The Hall–Kier alpha value is -0.620. The van der Waals surface area contributed by atoms with Crippen molar-refractivity contribution in [3.63, 3.8) is 0 Å². The standard InChI is InChI=1S/C13H18ClNO3S/c1-11-3-4-13(9-12(11)10-14)19(16,17)15-5-2-7-18-8-6-15/h3-4,9H,2,5-8,10H2,1H3. The molecule has 4 nitrogen and oxygen atoms in total. The average Bonchev–Trinajstić information content (AvgIpc) is 2.68. The fourth-order valence-corrected chi connectivity index (χ4v) is 3.87. The van der Waals surface area contributed by atoms with E-state index in [-0.39, 0.29) is 0 Å². The first-order valence-electron chi connectivity index (χ1n) is 6.29. The SMILES string of the molecule is Cc1ccc(S(=O)(=O)N2CCCOCC2)cc1CCl. The van der Waals surface area contributed by atoms with Crippen LogP contribution < -0.4 is 0 Å². The van der Waals surface area contributed by atoms with Crippen LogP contribution in [0.1, 0.15) is 17.5 Å². The molecule has 1 aliphatic rings. The van der Waals surface area contributed by atoms with Gasteiger partial charge in [0.1, 0.15) is 0 Å². The highest BCUT2D eigenvalue weighted by molar-refractivity contribution is 7.89. The van der Waals surface area contributed by atoms with E-state index in [0.717, 1.165) is 17.5 Å². The Morgan fingerprint density at radius 2 is 2.11 bits per heavy atom. The fourth-order valence-electron chi connectivity index (χ4n) is 2.06. The molecule has 1 aromatic carbocycles. The predicted octanol–water partition coefficient (Wildman–Crippen LogP) is 2.14. The van der Waals surface area contributed by atoms with Crippen molar-refractivity contribution in [3.05, 3.63) is 29.3 Å². The first-order chi connectivity index (χ1) is 9.05. The van der Waals surface area contributed by atoms with Gasteiger partial charge in [-0.25, -0.2) is 8.42 Å². The first kappa shape index (κ1) is 14.8. The van der Waals surface area contributed by atoms with Crippen molar-refractivity contribution in [1.29, 1.82) is 0 Å². The molecule has 0 atom stereocenters. The highest BCUT2D eigenvalue weighted by Gasteiger charge is 2.25. The summed E-state index contributed by atoms with van der Waals surface area (Å²) in [6.45, 7) is 3.91. The smallest absolute Gasteiger partial charge is 0.243 e. The monoisotopic (exact) mass is 303 g/mol. The summed E-state index contributed by atoms with van der Waals surface area (Å²) in [5.74, 6) is 0.318. The third-order valence-electron chi connectivity index (χ3n) is 3.28. The van der Waals surface area contributed by atoms with Crippen LogP contribution in [0.15, 0.2) is 23.1 Å². The number of nitrogens with zero attached hydrogens (tertiary/aromatic N) is 1. The summed E-state index contributed by atoms with van der Waals surface area (Å²) in [4.78, 5) is 0.315. The number of benzene rings is 1. The van der Waals surface area contributed by atoms with Crippen LogP contribution in [-0.2, 0) is 20.6 Å². The Bertz CT molecular complexity index is 537. The normalized spacial score (nSPS) is 18.2. The van der Waals surface area contributed by atoms with Crippen LogP contribution in [0.5, 0.6) is 0 Å². The third-order valence-corrected chi connectivity index (χ3v) is 5.47. The van der Waals surface area contributed by atoms with E-state index < -0.39 is 10.0 Å². The van der Waals surface area contributed by atoms with Gasteiger partial charge in [0.25, 0.3) is 0 Å². The van der Waals surface area contributed by atoms with Crippen molar-refractivity contribution < 1.29 is 13.2 Å². The van der Waals surface area contributed by atoms with E-state index >= 15 is 0 Å². The second-order valence-electron chi connectivity index (χ2n) is 4.59. The van der Waals surface area contributed by atoms with E-state index in [1.807, 2.05) is 6.92 Å². The van der Waals surface area contributed by atoms with Crippen LogP contribution in [0, 0.1) is 6.92 Å². The van der Waals surface area contributed by atoms with Crippen molar-refractivity contribution >= 4 is 21.6 Å². The molecule has 1 heterocycles. The molecule has 0 amide bonds. The average molecular weight is 304 g/mol. The second-order valence-corrected chi connectivity index (χ2v) is 6.80. The van der Waals surface area contributed by atoms with Crippen molar-refractivity contribution in [3.8, 4) is 0 Å². The molecule has 0 aliphatic carbocycles. The summed E-state index contributed by atoms with van der Waals surface area (Å²) in [5.41, 5.74) is 1.86. The van der Waals surface area contributed by atoms with Crippen molar-refractivity contribution in [2.75, 3.05) is 26.3 Å². The fraction of sp³-hybridized carbons (Fsp3) is 0.538. The largest absolute Gasteiger partial charge is 0.380 e. The number of aryl methyl sites for hydroxylation is 1. The maximum Gasteiger partial charge on any atom is 0.243 e. The van der Waals surface area contributed by atoms with Crippen molar-refractivity contribution in [1.82, 2.24) is 4.31 Å². The Morgan fingerprint density at radius 3 is 2.84 bits per heavy atom. The maximum absolute atomic E-state index is 12.5. The van der Waals surface area contributed by atoms with Crippen LogP contribution in [0.25, 0.3) is 0 Å². The zero-order chi connectivity index (χ0) is 13.9. The summed E-state index contributed by atoms with van der Waals surface area (Å²) in [7, 11) is -3.44. The van der Waals surface area contributed by atoms with Crippen LogP contribution >= 0.6 is 11.6 Å². The molecule has 0 N–H and O–H groups in total. The van der Waals surface area contributed by atoms with Crippen LogP contribution in [-0.4, -0.2) is 39.0 Å². The molecule has 1 saturated heterocycles. The van der Waals surface area contributed by atoms with Gasteiger partial charge in [-0.3, -0.25) is 0 Å². The number of ether oxygens (including phenoxy) is 1. The maximum atomic E-state index is 12.5. The molecule has 6 heteroatoms. The molecular weight excluding hydrogens is 286 g/mol. The van der Waals surface area contributed by atoms with Gasteiger partial charge >= 0.3 is 0 Å². The molecular formula is C13H18ClNO3S. The molecule has 0 bridgehead atoms. The van der Waals surface area contributed by atoms with Crippen molar-refractivity contribution in [2.24, 2.45) is 0 Å². The van der Waals surface area contributed by atoms with E-state index in [0.29, 0.717) is 37.1 Å². The first-order valence-corrected chi connectivity index (χ1v) is 8.26. The lowest BCUT2D eigenvalue weighted by atomic mass is 10.1. The van der Waals surface area contributed by atoms with Gasteiger partial charge in [-0.05, 0) is 36.6 Å². The highest BCUT2D eigenvalue weighted by atomic mass is 35.5. The highest BCUT2D eigenvalue weighted by Crippen LogP contribution is 2.21. The van der Waals surface area contributed by atoms with Crippen LogP contribution in [0.4, 0.5) is 0 Å². The Labute approximate surface area is 119 Å². The van der Waals surface area contributed by atoms with E-state index in [1.54, 1.807) is 18.2 Å². The van der Waals surface area contributed by atoms with Gasteiger partial charge in [0.2, 0.25) is 10.0 Å². The molecule has 1 aromatic rings. The van der Waals surface area contributed by atoms with Crippen LogP contribution in [0.3, 0.4) is 0 Å². The van der Waals surface area contributed by atoms with E-state index in [1.165, 1.54) is 4.31 Å². The van der Waals surface area contributed by atoms with Crippen LogP contribution in [0.2, 0.25) is 0 Å². The van der Waals surface area contributed by atoms with Gasteiger partial charge in [-0.2, -0.15) is 4.31 Å². The lowest BCUT2D eigenvalue weighted by Crippen LogP contribution is -2.33. The number of halogens is 1. The van der Waals surface area contributed by atoms with Gasteiger partial charge < -0.3 is 4.74 Å². The van der Waals surface area contributed by atoms with Gasteiger partial charge in [-0.1, -0.05) is 6.07 Å². The quantitative estimate of drug-likeness (QED) is 0.804. The molecule has 1 aliphatic heterocycles. The molecule has 0 unspecified atom stereocenters. The Balaban J connectivity index is 2.32. The summed E-state index contributed by atoms with van der Waals surface area (Å²) in [6.07, 6.45) is 0.730. The number of sulfonamides is 1. The molecule has 0 saturated carbocycles. The summed E-state index contributed by atoms with van der Waals surface area (Å²) in [6, 6.07) is 5.12. The third kappa shape index (κ3) is 3.28. The number of hydrogen-bond donors (Lipinski definition) is 0. The summed E-state index contributed by atoms with van der Waals surface area (Å²) >= 11 is 5.84. The van der Waals surface area contributed by atoms with Gasteiger partial charge in [-0.15, -0.1) is 11.6 Å². The minimum absolute atomic E-state index is 0.315. The summed E-state index contributed by atoms with van der Waals surface area (Å²) < 4.78 is 31.9. The molecule has 106 valence electrons. The molecule has 0 radical (unpaired) electrons. The van der Waals surface area contributed by atoms with Gasteiger partial charge in [0, 0.05) is 25.6 Å². The molecule has 2 rings (SSSR count). The minimum atomic E-state index is -3.44. The molecule has 19 heavy (non-hydrogen) atoms. The lowest BCUT2D eigenvalue weighted by molar-refractivity contribution is 0.148. The zero-order valence-electron chi connectivity index (χ0n) is 10.9. The molecule has 0 spiro atoms. The number of rotatable bonds is 3. The topological polar surface area (TPSA) is 46.6 Å². The second kappa shape index (κ2) is 6.22.